The Balaban J connectivity index is 1.08. The van der Waals surface area contributed by atoms with Crippen molar-refractivity contribution in [2.75, 3.05) is 9.80 Å². The summed E-state index contributed by atoms with van der Waals surface area (Å²) in [6.07, 6.45) is 12.5. The normalized spacial score (nSPS) is 14.3. The standard InChI is InChI=1S/C56H56N2S/c1-3-5-17-41-56(4-2,44-31-37-49(38-32-44)57(46-21-11-7-12-22-46)48-35-29-43(30-36-48)42-19-9-6-10-20-42)45-33-39-50(40-34-45)58(47-23-13-8-14-24-47)53-27-18-26-52-51-25-15-16-28-54(51)59-55(52)53/h7-8,11-16,18,21-40,42H,3-6,9-10,17,19-20,41H2,1-2H3. The molecule has 0 saturated heterocycles. The minimum atomic E-state index is -0.103. The van der Waals surface area contributed by atoms with Gasteiger partial charge in [0.2, 0.25) is 0 Å². The Morgan fingerprint density at radius 1 is 0.492 bits per heavy atom. The van der Waals surface area contributed by atoms with E-state index in [0.29, 0.717) is 5.92 Å². The SMILES string of the molecule is CCCCCC(CC)(c1ccc(N(c2ccccc2)c2ccc(C3CCCCC3)cc2)cc1)c1ccc(N(c2ccccc2)c2cccc3c2sc2ccccc23)cc1. The number of nitrogens with zero attached hydrogens (tertiary/aromatic N) is 2. The third-order valence-electron chi connectivity index (χ3n) is 13.0. The van der Waals surface area contributed by atoms with E-state index in [1.165, 1.54) is 117 Å². The van der Waals surface area contributed by atoms with E-state index in [1.54, 1.807) is 0 Å². The first-order valence-electron chi connectivity index (χ1n) is 22.1. The average Bonchev–Trinajstić information content (AvgIpc) is 3.70. The average molecular weight is 789 g/mol. The van der Waals surface area contributed by atoms with Gasteiger partial charge < -0.3 is 9.80 Å². The van der Waals surface area contributed by atoms with Gasteiger partial charge in [0.1, 0.15) is 0 Å². The minimum absolute atomic E-state index is 0.103. The lowest BCUT2D eigenvalue weighted by atomic mass is 9.69. The highest BCUT2D eigenvalue weighted by molar-refractivity contribution is 7.26. The van der Waals surface area contributed by atoms with Crippen molar-refractivity contribution in [3.05, 3.63) is 193 Å². The summed E-state index contributed by atoms with van der Waals surface area (Å²) in [6.45, 7) is 4.70. The lowest BCUT2D eigenvalue weighted by Crippen LogP contribution is -2.27. The van der Waals surface area contributed by atoms with E-state index in [-0.39, 0.29) is 5.41 Å². The molecule has 9 rings (SSSR count). The Labute approximate surface area is 355 Å². The van der Waals surface area contributed by atoms with Gasteiger partial charge in [-0.3, -0.25) is 0 Å². The number of hydrogen-bond acceptors (Lipinski definition) is 3. The molecule has 1 unspecified atom stereocenters. The number of anilines is 6. The first-order chi connectivity index (χ1) is 29.2. The fourth-order valence-corrected chi connectivity index (χ4v) is 11.1. The fraction of sp³-hybridized carbons (Fsp3) is 0.250. The van der Waals surface area contributed by atoms with Crippen LogP contribution in [0.15, 0.2) is 176 Å². The number of unbranched alkanes of at least 4 members (excludes halogenated alkanes) is 2. The molecule has 296 valence electrons. The maximum atomic E-state index is 2.45. The third kappa shape index (κ3) is 7.81. The van der Waals surface area contributed by atoms with E-state index in [2.05, 4.69) is 200 Å². The molecule has 8 aromatic rings. The van der Waals surface area contributed by atoms with Crippen LogP contribution in [0.2, 0.25) is 0 Å². The molecule has 0 bridgehead atoms. The number of hydrogen-bond donors (Lipinski definition) is 0. The number of benzene rings is 7. The highest BCUT2D eigenvalue weighted by Crippen LogP contribution is 2.47. The van der Waals surface area contributed by atoms with Gasteiger partial charge >= 0.3 is 0 Å². The van der Waals surface area contributed by atoms with Crippen molar-refractivity contribution < 1.29 is 0 Å². The molecule has 1 aliphatic carbocycles. The van der Waals surface area contributed by atoms with E-state index in [0.717, 1.165) is 18.5 Å². The van der Waals surface area contributed by atoms with E-state index in [9.17, 15) is 0 Å². The molecular weight excluding hydrogens is 733 g/mol. The van der Waals surface area contributed by atoms with Crippen LogP contribution in [0.5, 0.6) is 0 Å². The number of para-hydroxylation sites is 2. The van der Waals surface area contributed by atoms with Crippen molar-refractivity contribution in [1.29, 1.82) is 0 Å². The molecule has 1 atom stereocenters. The van der Waals surface area contributed by atoms with Crippen LogP contribution in [-0.2, 0) is 5.41 Å². The third-order valence-corrected chi connectivity index (χ3v) is 14.3. The lowest BCUT2D eigenvalue weighted by Gasteiger charge is -2.36. The molecule has 1 heterocycles. The summed E-state index contributed by atoms with van der Waals surface area (Å²) in [6, 6.07) is 65.9. The number of fused-ring (bicyclic) bond motifs is 3. The van der Waals surface area contributed by atoms with Crippen LogP contribution in [0, 0.1) is 0 Å². The van der Waals surface area contributed by atoms with Crippen molar-refractivity contribution in [1.82, 2.24) is 0 Å². The Hall–Kier alpha value is -5.64. The molecule has 1 aromatic heterocycles. The zero-order valence-electron chi connectivity index (χ0n) is 34.7. The molecule has 7 aromatic carbocycles. The Morgan fingerprint density at radius 2 is 1.02 bits per heavy atom. The monoisotopic (exact) mass is 788 g/mol. The van der Waals surface area contributed by atoms with Crippen LogP contribution in [0.25, 0.3) is 20.2 Å². The predicted octanol–water partition coefficient (Wildman–Crippen LogP) is 17.3. The topological polar surface area (TPSA) is 6.48 Å². The van der Waals surface area contributed by atoms with Crippen LogP contribution in [-0.4, -0.2) is 0 Å². The van der Waals surface area contributed by atoms with Gasteiger partial charge in [0.15, 0.2) is 0 Å². The molecule has 0 radical (unpaired) electrons. The van der Waals surface area contributed by atoms with Gasteiger partial charge in [0.05, 0.1) is 10.4 Å². The summed E-state index contributed by atoms with van der Waals surface area (Å²) in [4.78, 5) is 4.87. The zero-order chi connectivity index (χ0) is 40.0. The first-order valence-corrected chi connectivity index (χ1v) is 22.9. The highest BCUT2D eigenvalue weighted by Gasteiger charge is 2.33. The quantitative estimate of drug-likeness (QED) is 0.101. The predicted molar refractivity (Wildman–Crippen MR) is 256 cm³/mol. The van der Waals surface area contributed by atoms with Crippen molar-refractivity contribution in [2.45, 2.75) is 89.4 Å². The summed E-state index contributed by atoms with van der Waals surface area (Å²) in [7, 11) is 0. The molecule has 1 fully saturated rings. The molecule has 0 N–H and O–H groups in total. The van der Waals surface area contributed by atoms with Gasteiger partial charge in [0, 0.05) is 49.3 Å². The maximum absolute atomic E-state index is 2.45. The van der Waals surface area contributed by atoms with Crippen molar-refractivity contribution in [3.63, 3.8) is 0 Å². The second-order valence-electron chi connectivity index (χ2n) is 16.5. The van der Waals surface area contributed by atoms with Gasteiger partial charge in [-0.1, -0.05) is 156 Å². The van der Waals surface area contributed by atoms with Crippen LogP contribution >= 0.6 is 11.3 Å². The molecule has 0 spiro atoms. The summed E-state index contributed by atoms with van der Waals surface area (Å²) in [5.41, 5.74) is 11.3. The molecule has 0 aliphatic heterocycles. The van der Waals surface area contributed by atoms with Crippen molar-refractivity contribution in [2.24, 2.45) is 0 Å². The summed E-state index contributed by atoms with van der Waals surface area (Å²) in [5, 5.41) is 2.63. The van der Waals surface area contributed by atoms with Gasteiger partial charge in [-0.05, 0) is 121 Å². The second-order valence-corrected chi connectivity index (χ2v) is 17.6. The molecule has 1 saturated carbocycles. The molecule has 0 amide bonds. The van der Waals surface area contributed by atoms with Crippen LogP contribution < -0.4 is 9.80 Å². The second kappa shape index (κ2) is 17.7. The molecule has 3 heteroatoms. The molecular formula is C56H56N2S. The largest absolute Gasteiger partial charge is 0.311 e. The van der Waals surface area contributed by atoms with Gasteiger partial charge in [-0.2, -0.15) is 0 Å². The van der Waals surface area contributed by atoms with Gasteiger partial charge in [-0.15, -0.1) is 11.3 Å². The smallest absolute Gasteiger partial charge is 0.0640 e. The van der Waals surface area contributed by atoms with Crippen LogP contribution in [0.3, 0.4) is 0 Å². The maximum Gasteiger partial charge on any atom is 0.0640 e. The Bertz CT molecular complexity index is 2570. The Morgan fingerprint density at radius 3 is 1.63 bits per heavy atom. The van der Waals surface area contributed by atoms with E-state index >= 15 is 0 Å². The van der Waals surface area contributed by atoms with E-state index in [4.69, 9.17) is 0 Å². The molecule has 1 aliphatic rings. The summed E-state index contributed by atoms with van der Waals surface area (Å²) < 4.78 is 2.64. The summed E-state index contributed by atoms with van der Waals surface area (Å²) in [5.74, 6) is 0.698. The minimum Gasteiger partial charge on any atom is -0.311 e. The van der Waals surface area contributed by atoms with Crippen molar-refractivity contribution in [3.8, 4) is 0 Å². The van der Waals surface area contributed by atoms with Crippen molar-refractivity contribution >= 4 is 65.6 Å². The number of rotatable bonds is 14. The van der Waals surface area contributed by atoms with Crippen LogP contribution in [0.1, 0.15) is 101 Å². The fourth-order valence-electron chi connectivity index (χ4n) is 9.84. The lowest BCUT2D eigenvalue weighted by molar-refractivity contribution is 0.431. The van der Waals surface area contributed by atoms with Crippen LogP contribution in [0.4, 0.5) is 34.1 Å². The van der Waals surface area contributed by atoms with Gasteiger partial charge in [0.25, 0.3) is 0 Å². The molecule has 59 heavy (non-hydrogen) atoms. The Kier molecular flexibility index (Phi) is 11.7. The van der Waals surface area contributed by atoms with Gasteiger partial charge in [-0.25, -0.2) is 0 Å². The molecule has 2 nitrogen and oxygen atoms in total. The highest BCUT2D eigenvalue weighted by atomic mass is 32.1. The number of thiophene rings is 1. The van der Waals surface area contributed by atoms with E-state index < -0.39 is 0 Å². The zero-order valence-corrected chi connectivity index (χ0v) is 35.5. The van der Waals surface area contributed by atoms with E-state index in [1.807, 2.05) is 11.3 Å². The first kappa shape index (κ1) is 38.9. The summed E-state index contributed by atoms with van der Waals surface area (Å²) >= 11 is 1.89.